The minimum Gasteiger partial charge on any atom is -0.493 e. The predicted octanol–water partition coefficient (Wildman–Crippen LogP) is 3.72. The molecule has 0 radical (unpaired) electrons. The number of aryl methyl sites for hydroxylation is 1. The molecule has 0 heterocycles. The summed E-state index contributed by atoms with van der Waals surface area (Å²) in [4.78, 5) is 4.20. The predicted molar refractivity (Wildman–Crippen MR) is 102 cm³/mol. The maximum absolute atomic E-state index is 12.5. The number of alkyl halides is 2. The number of aliphatic imine (C=N–C) groups is 1. The lowest BCUT2D eigenvalue weighted by atomic mass is 10.1. The molecule has 0 bridgehead atoms. The first-order valence-corrected chi connectivity index (χ1v) is 8.70. The second-order valence-electron chi connectivity index (χ2n) is 5.77. The fourth-order valence-corrected chi connectivity index (χ4v) is 2.68. The third kappa shape index (κ3) is 6.13. The van der Waals surface area contributed by atoms with E-state index in [1.165, 1.54) is 24.3 Å². The van der Waals surface area contributed by atoms with Crippen molar-refractivity contribution in [1.82, 2.24) is 10.6 Å². The molecule has 0 amide bonds. The van der Waals surface area contributed by atoms with Gasteiger partial charge in [0, 0.05) is 20.1 Å². The summed E-state index contributed by atoms with van der Waals surface area (Å²) in [6.07, 6.45) is 0.961. The van der Waals surface area contributed by atoms with Crippen molar-refractivity contribution in [2.24, 2.45) is 4.99 Å². The Morgan fingerprint density at radius 1 is 1.04 bits per heavy atom. The highest BCUT2D eigenvalue weighted by molar-refractivity contribution is 5.79. The fraction of sp³-hybridized carbons (Fsp3) is 0.350. The molecular formula is C20H25F2N3O2. The first-order chi connectivity index (χ1) is 13.1. The van der Waals surface area contributed by atoms with Crippen molar-refractivity contribution in [1.29, 1.82) is 0 Å². The van der Waals surface area contributed by atoms with Gasteiger partial charge < -0.3 is 20.1 Å². The van der Waals surface area contributed by atoms with Gasteiger partial charge in [-0.05, 0) is 35.2 Å². The summed E-state index contributed by atoms with van der Waals surface area (Å²) < 4.78 is 34.6. The lowest BCUT2D eigenvalue weighted by molar-refractivity contribution is -0.0512. The van der Waals surface area contributed by atoms with Crippen LogP contribution < -0.4 is 20.1 Å². The Bertz CT molecular complexity index is 767. The van der Waals surface area contributed by atoms with E-state index < -0.39 is 6.61 Å². The van der Waals surface area contributed by atoms with Crippen molar-refractivity contribution in [3.8, 4) is 11.5 Å². The van der Waals surface area contributed by atoms with Crippen LogP contribution in [0.2, 0.25) is 0 Å². The van der Waals surface area contributed by atoms with Crippen LogP contribution in [0.1, 0.15) is 23.6 Å². The summed E-state index contributed by atoms with van der Waals surface area (Å²) in [6.45, 7) is 0.259. The zero-order chi connectivity index (χ0) is 19.6. The summed E-state index contributed by atoms with van der Waals surface area (Å²) in [5.74, 6) is 0.886. The van der Waals surface area contributed by atoms with E-state index in [1.807, 2.05) is 12.1 Å². The second kappa shape index (κ2) is 10.4. The van der Waals surface area contributed by atoms with E-state index in [-0.39, 0.29) is 11.5 Å². The van der Waals surface area contributed by atoms with E-state index in [9.17, 15) is 8.78 Å². The van der Waals surface area contributed by atoms with E-state index in [0.717, 1.165) is 12.0 Å². The second-order valence-corrected chi connectivity index (χ2v) is 5.77. The third-order valence-electron chi connectivity index (χ3n) is 4.07. The van der Waals surface area contributed by atoms with Gasteiger partial charge in [-0.15, -0.1) is 0 Å². The Morgan fingerprint density at radius 2 is 1.74 bits per heavy atom. The number of nitrogens with zero attached hydrogens (tertiary/aromatic N) is 1. The van der Waals surface area contributed by atoms with E-state index in [1.54, 1.807) is 19.2 Å². The van der Waals surface area contributed by atoms with Gasteiger partial charge in [-0.3, -0.25) is 4.99 Å². The maximum Gasteiger partial charge on any atom is 0.387 e. The molecule has 0 aliphatic heterocycles. The molecule has 0 aromatic heterocycles. The van der Waals surface area contributed by atoms with E-state index in [0.29, 0.717) is 19.0 Å². The first-order valence-electron chi connectivity index (χ1n) is 8.70. The Labute approximate surface area is 158 Å². The van der Waals surface area contributed by atoms with Gasteiger partial charge in [0.1, 0.15) is 0 Å². The zero-order valence-corrected chi connectivity index (χ0v) is 15.8. The van der Waals surface area contributed by atoms with E-state index in [4.69, 9.17) is 4.74 Å². The van der Waals surface area contributed by atoms with Gasteiger partial charge in [-0.1, -0.05) is 37.3 Å². The monoisotopic (exact) mass is 377 g/mol. The molecule has 0 saturated heterocycles. The molecule has 0 aliphatic rings. The Kier molecular flexibility index (Phi) is 7.85. The molecule has 5 nitrogen and oxygen atoms in total. The molecular weight excluding hydrogens is 352 g/mol. The number of methoxy groups -OCH3 is 1. The average Bonchev–Trinajstić information content (AvgIpc) is 2.68. The van der Waals surface area contributed by atoms with Crippen LogP contribution in [0.5, 0.6) is 11.5 Å². The van der Waals surface area contributed by atoms with E-state index >= 15 is 0 Å². The molecule has 2 rings (SSSR count). The van der Waals surface area contributed by atoms with Crippen LogP contribution in [-0.2, 0) is 19.5 Å². The highest BCUT2D eigenvalue weighted by Gasteiger charge is 2.11. The van der Waals surface area contributed by atoms with Gasteiger partial charge in [0.25, 0.3) is 0 Å². The number of hydrogen-bond donors (Lipinski definition) is 2. The van der Waals surface area contributed by atoms with Crippen molar-refractivity contribution in [3.63, 3.8) is 0 Å². The summed E-state index contributed by atoms with van der Waals surface area (Å²) >= 11 is 0. The number of ether oxygens (including phenoxy) is 2. The smallest absolute Gasteiger partial charge is 0.387 e. The molecule has 0 spiro atoms. The van der Waals surface area contributed by atoms with Crippen molar-refractivity contribution >= 4 is 5.96 Å². The van der Waals surface area contributed by atoms with Crippen molar-refractivity contribution < 1.29 is 18.3 Å². The molecule has 0 fully saturated rings. The fourth-order valence-electron chi connectivity index (χ4n) is 2.68. The van der Waals surface area contributed by atoms with Gasteiger partial charge in [0.2, 0.25) is 0 Å². The van der Waals surface area contributed by atoms with Crippen LogP contribution in [0.25, 0.3) is 0 Å². The van der Waals surface area contributed by atoms with E-state index in [2.05, 4.69) is 39.4 Å². The van der Waals surface area contributed by atoms with Crippen LogP contribution in [-0.4, -0.2) is 26.7 Å². The Balaban J connectivity index is 1.97. The summed E-state index contributed by atoms with van der Waals surface area (Å²) in [7, 11) is 3.09. The number of benzene rings is 2. The van der Waals surface area contributed by atoms with Crippen molar-refractivity contribution in [2.45, 2.75) is 33.0 Å². The summed E-state index contributed by atoms with van der Waals surface area (Å²) in [5.41, 5.74) is 3.26. The number of hydrogen-bond acceptors (Lipinski definition) is 3. The topological polar surface area (TPSA) is 54.9 Å². The number of guanidine groups is 1. The lowest BCUT2D eigenvalue weighted by Gasteiger charge is -2.15. The summed E-state index contributed by atoms with van der Waals surface area (Å²) in [5, 5.41) is 6.43. The molecule has 0 unspecified atom stereocenters. The standard InChI is InChI=1S/C20H25F2N3O2/c1-4-15-7-5-6-8-16(15)13-25-20(23-2)24-12-14-9-10-17(26-3)18(11-14)27-19(21)22/h5-11,19H,4,12-13H2,1-3H3,(H2,23,24,25). The van der Waals surface area contributed by atoms with Gasteiger partial charge in [0.15, 0.2) is 17.5 Å². The SMILES string of the molecule is CCc1ccccc1CNC(=NC)NCc1ccc(OC)c(OC(F)F)c1. The maximum atomic E-state index is 12.5. The first kappa shape index (κ1) is 20.5. The molecule has 0 atom stereocenters. The van der Waals surface area contributed by atoms with Gasteiger partial charge in [0.05, 0.1) is 7.11 Å². The lowest BCUT2D eigenvalue weighted by Crippen LogP contribution is -2.36. The Morgan fingerprint density at radius 3 is 2.37 bits per heavy atom. The highest BCUT2D eigenvalue weighted by Crippen LogP contribution is 2.29. The summed E-state index contributed by atoms with van der Waals surface area (Å²) in [6, 6.07) is 13.1. The quantitative estimate of drug-likeness (QED) is 0.544. The number of halogens is 2. The van der Waals surface area contributed by atoms with Gasteiger partial charge in [-0.25, -0.2) is 0 Å². The van der Waals surface area contributed by atoms with Gasteiger partial charge in [-0.2, -0.15) is 8.78 Å². The molecule has 0 saturated carbocycles. The average molecular weight is 377 g/mol. The number of nitrogens with one attached hydrogen (secondary N) is 2. The van der Waals surface area contributed by atoms with Gasteiger partial charge >= 0.3 is 6.61 Å². The molecule has 2 N–H and O–H groups in total. The van der Waals surface area contributed by atoms with Crippen LogP contribution >= 0.6 is 0 Å². The van der Waals surface area contributed by atoms with Crippen LogP contribution in [0.15, 0.2) is 47.5 Å². The molecule has 2 aromatic carbocycles. The molecule has 7 heteroatoms. The minimum atomic E-state index is -2.91. The van der Waals surface area contributed by atoms with Crippen molar-refractivity contribution in [3.05, 3.63) is 59.2 Å². The van der Waals surface area contributed by atoms with Crippen LogP contribution in [0.4, 0.5) is 8.78 Å². The Hall–Kier alpha value is -2.83. The normalized spacial score (nSPS) is 11.4. The number of rotatable bonds is 8. The molecule has 0 aliphatic carbocycles. The third-order valence-corrected chi connectivity index (χ3v) is 4.07. The molecule has 146 valence electrons. The molecule has 2 aromatic rings. The van der Waals surface area contributed by atoms with Crippen LogP contribution in [0.3, 0.4) is 0 Å². The van der Waals surface area contributed by atoms with Crippen molar-refractivity contribution in [2.75, 3.05) is 14.2 Å². The van der Waals surface area contributed by atoms with Crippen LogP contribution in [0, 0.1) is 0 Å². The molecule has 27 heavy (non-hydrogen) atoms. The minimum absolute atomic E-state index is 0.00613. The zero-order valence-electron chi connectivity index (χ0n) is 15.8. The highest BCUT2D eigenvalue weighted by atomic mass is 19.3. The largest absolute Gasteiger partial charge is 0.493 e.